The molecule has 4 rings (SSSR count). The van der Waals surface area contributed by atoms with Crippen LogP contribution in [0.3, 0.4) is 0 Å². The molecule has 2 aliphatic rings. The van der Waals surface area contributed by atoms with E-state index >= 15 is 0 Å². The summed E-state index contributed by atoms with van der Waals surface area (Å²) in [7, 11) is -1.99. The van der Waals surface area contributed by atoms with Crippen LogP contribution in [0, 0.1) is 11.8 Å². The molecule has 1 aromatic carbocycles. The Morgan fingerprint density at radius 1 is 1.38 bits per heavy atom. The van der Waals surface area contributed by atoms with Gasteiger partial charge in [0, 0.05) is 30.5 Å². The van der Waals surface area contributed by atoms with Crippen LogP contribution < -0.4 is 4.72 Å². The van der Waals surface area contributed by atoms with Crippen molar-refractivity contribution < 1.29 is 13.5 Å². The molecule has 0 bridgehead atoms. The second-order valence-electron chi connectivity index (χ2n) is 6.77. The summed E-state index contributed by atoms with van der Waals surface area (Å²) >= 11 is 6.19. The standard InChI is InChI=1S/C15H19ClN4O3S/c1-17-24(22,23)20-7-9-4-15(21,5-10(9)8-20)13-2-11(16)3-14-12(13)6-18-19-14/h2-3,6,9-10,17,21H,4-5,7-8H2,1H3,(H,18,19)/t9-,10+,15+. The van der Waals surface area contributed by atoms with Crippen molar-refractivity contribution in [2.75, 3.05) is 20.1 Å². The molecule has 9 heteroatoms. The maximum absolute atomic E-state index is 12.0. The lowest BCUT2D eigenvalue weighted by molar-refractivity contribution is 0.0353. The fourth-order valence-electron chi connectivity index (χ4n) is 4.26. The SMILES string of the molecule is CNS(=O)(=O)N1C[C@@H]2C[C@](O)(c3cc(Cl)cc4[nH]ncc34)C[C@@H]2C1. The maximum Gasteiger partial charge on any atom is 0.279 e. The van der Waals surface area contributed by atoms with Gasteiger partial charge in [-0.25, -0.2) is 4.72 Å². The molecule has 7 nitrogen and oxygen atoms in total. The summed E-state index contributed by atoms with van der Waals surface area (Å²) in [6, 6.07) is 3.58. The van der Waals surface area contributed by atoms with E-state index in [2.05, 4.69) is 14.9 Å². The molecule has 2 aromatic rings. The van der Waals surface area contributed by atoms with Crippen LogP contribution >= 0.6 is 11.6 Å². The number of nitrogens with zero attached hydrogens (tertiary/aromatic N) is 2. The van der Waals surface area contributed by atoms with E-state index in [9.17, 15) is 13.5 Å². The second-order valence-corrected chi connectivity index (χ2v) is 9.08. The van der Waals surface area contributed by atoms with Crippen molar-refractivity contribution >= 4 is 32.7 Å². The second kappa shape index (κ2) is 5.40. The number of rotatable bonds is 3. The van der Waals surface area contributed by atoms with E-state index in [1.54, 1.807) is 18.3 Å². The van der Waals surface area contributed by atoms with Crippen molar-refractivity contribution in [3.63, 3.8) is 0 Å². The Hall–Kier alpha value is -1.19. The molecule has 0 spiro atoms. The van der Waals surface area contributed by atoms with Gasteiger partial charge >= 0.3 is 0 Å². The Bertz CT molecular complexity index is 883. The molecule has 2 heterocycles. The highest BCUT2D eigenvalue weighted by Crippen LogP contribution is 2.50. The number of fused-ring (bicyclic) bond motifs is 2. The molecule has 0 amide bonds. The minimum absolute atomic E-state index is 0.138. The molecule has 3 atom stereocenters. The van der Waals surface area contributed by atoms with Gasteiger partial charge in [0.05, 0.1) is 17.3 Å². The normalized spacial score (nSPS) is 31.0. The number of halogens is 1. The lowest BCUT2D eigenvalue weighted by atomic mass is 9.88. The van der Waals surface area contributed by atoms with Gasteiger partial charge in [-0.1, -0.05) is 11.6 Å². The number of benzene rings is 1. The third kappa shape index (κ3) is 2.44. The fraction of sp³-hybridized carbons (Fsp3) is 0.533. The Morgan fingerprint density at radius 2 is 2.04 bits per heavy atom. The summed E-state index contributed by atoms with van der Waals surface area (Å²) in [4.78, 5) is 0. The number of nitrogens with one attached hydrogen (secondary N) is 2. The maximum atomic E-state index is 12.0. The molecule has 1 aliphatic carbocycles. The molecule has 0 unspecified atom stereocenters. The number of aromatic nitrogens is 2. The van der Waals surface area contributed by atoms with Crippen LogP contribution in [0.4, 0.5) is 0 Å². The van der Waals surface area contributed by atoms with Crippen LogP contribution in [0.25, 0.3) is 10.9 Å². The Labute approximate surface area is 145 Å². The zero-order chi connectivity index (χ0) is 17.1. The monoisotopic (exact) mass is 370 g/mol. The average Bonchev–Trinajstić information content (AvgIpc) is 3.19. The third-order valence-electron chi connectivity index (χ3n) is 5.37. The summed E-state index contributed by atoms with van der Waals surface area (Å²) in [5.41, 5.74) is 0.566. The van der Waals surface area contributed by atoms with Crippen LogP contribution in [0.15, 0.2) is 18.3 Å². The fourth-order valence-corrected chi connectivity index (χ4v) is 5.51. The van der Waals surface area contributed by atoms with E-state index in [0.717, 1.165) is 16.5 Å². The van der Waals surface area contributed by atoms with E-state index in [1.807, 2.05) is 0 Å². The van der Waals surface area contributed by atoms with Crippen LogP contribution in [-0.4, -0.2) is 48.2 Å². The minimum atomic E-state index is -3.41. The van der Waals surface area contributed by atoms with Gasteiger partial charge < -0.3 is 5.11 Å². The number of aromatic amines is 1. The predicted octanol–water partition coefficient (Wildman–Crippen LogP) is 1.21. The van der Waals surface area contributed by atoms with Gasteiger partial charge in [0.15, 0.2) is 0 Å². The molecule has 1 aliphatic heterocycles. The van der Waals surface area contributed by atoms with E-state index in [-0.39, 0.29) is 11.8 Å². The minimum Gasteiger partial charge on any atom is -0.385 e. The first kappa shape index (κ1) is 16.3. The van der Waals surface area contributed by atoms with Crippen molar-refractivity contribution in [3.05, 3.63) is 28.9 Å². The van der Waals surface area contributed by atoms with Crippen molar-refractivity contribution in [1.82, 2.24) is 19.2 Å². The first-order chi connectivity index (χ1) is 11.3. The first-order valence-corrected chi connectivity index (χ1v) is 9.68. The quantitative estimate of drug-likeness (QED) is 0.756. The first-order valence-electron chi connectivity index (χ1n) is 7.86. The van der Waals surface area contributed by atoms with Crippen molar-refractivity contribution in [1.29, 1.82) is 0 Å². The Morgan fingerprint density at radius 3 is 2.67 bits per heavy atom. The number of H-pyrrole nitrogens is 1. The van der Waals surface area contributed by atoms with Crippen molar-refractivity contribution in [3.8, 4) is 0 Å². The molecule has 3 N–H and O–H groups in total. The zero-order valence-corrected chi connectivity index (χ0v) is 14.7. The van der Waals surface area contributed by atoms with Gasteiger partial charge in [-0.15, -0.1) is 0 Å². The van der Waals surface area contributed by atoms with Crippen LogP contribution in [0.5, 0.6) is 0 Å². The van der Waals surface area contributed by atoms with Crippen molar-refractivity contribution in [2.24, 2.45) is 11.8 Å². The molecule has 0 radical (unpaired) electrons. The highest BCUT2D eigenvalue weighted by molar-refractivity contribution is 7.87. The summed E-state index contributed by atoms with van der Waals surface area (Å²) in [6.07, 6.45) is 2.74. The lowest BCUT2D eigenvalue weighted by Crippen LogP contribution is -2.38. The average molecular weight is 371 g/mol. The number of hydrogen-bond donors (Lipinski definition) is 3. The highest BCUT2D eigenvalue weighted by Gasteiger charge is 2.51. The van der Waals surface area contributed by atoms with Gasteiger partial charge in [0.25, 0.3) is 10.2 Å². The van der Waals surface area contributed by atoms with Crippen LogP contribution in [0.2, 0.25) is 5.02 Å². The Balaban J connectivity index is 1.65. The number of hydrogen-bond acceptors (Lipinski definition) is 4. The molecular weight excluding hydrogens is 352 g/mol. The van der Waals surface area contributed by atoms with E-state index in [0.29, 0.717) is 31.0 Å². The van der Waals surface area contributed by atoms with Crippen molar-refractivity contribution in [2.45, 2.75) is 18.4 Å². The summed E-state index contributed by atoms with van der Waals surface area (Å²) < 4.78 is 27.8. The summed E-state index contributed by atoms with van der Waals surface area (Å²) in [5, 5.41) is 19.6. The predicted molar refractivity (Wildman–Crippen MR) is 90.8 cm³/mol. The molecule has 1 saturated heterocycles. The van der Waals surface area contributed by atoms with Crippen LogP contribution in [-0.2, 0) is 15.8 Å². The number of aliphatic hydroxyl groups is 1. The van der Waals surface area contributed by atoms with Gasteiger partial charge in [-0.05, 0) is 42.4 Å². The molecule has 1 saturated carbocycles. The van der Waals surface area contributed by atoms with Crippen LogP contribution in [0.1, 0.15) is 18.4 Å². The van der Waals surface area contributed by atoms with Gasteiger partial charge in [0.1, 0.15) is 0 Å². The van der Waals surface area contributed by atoms with E-state index < -0.39 is 15.8 Å². The van der Waals surface area contributed by atoms with E-state index in [1.165, 1.54) is 11.4 Å². The third-order valence-corrected chi connectivity index (χ3v) is 7.08. The summed E-state index contributed by atoms with van der Waals surface area (Å²) in [6.45, 7) is 0.872. The van der Waals surface area contributed by atoms with Gasteiger partial charge in [-0.3, -0.25) is 5.10 Å². The van der Waals surface area contributed by atoms with Gasteiger partial charge in [0.2, 0.25) is 0 Å². The smallest absolute Gasteiger partial charge is 0.279 e. The topological polar surface area (TPSA) is 98.3 Å². The zero-order valence-electron chi connectivity index (χ0n) is 13.2. The van der Waals surface area contributed by atoms with E-state index in [4.69, 9.17) is 11.6 Å². The molecule has 24 heavy (non-hydrogen) atoms. The largest absolute Gasteiger partial charge is 0.385 e. The molecular formula is C15H19ClN4O3S. The summed E-state index contributed by atoms with van der Waals surface area (Å²) in [5.74, 6) is 0.276. The lowest BCUT2D eigenvalue weighted by Gasteiger charge is -2.27. The molecule has 1 aromatic heterocycles. The van der Waals surface area contributed by atoms with Gasteiger partial charge in [-0.2, -0.15) is 17.8 Å². The molecule has 2 fully saturated rings. The molecule has 130 valence electrons. The Kier molecular flexibility index (Phi) is 3.67. The highest BCUT2D eigenvalue weighted by atomic mass is 35.5.